The van der Waals surface area contributed by atoms with E-state index in [1.165, 1.54) is 38.2 Å². The Morgan fingerprint density at radius 1 is 1.18 bits per heavy atom. The van der Waals surface area contributed by atoms with Gasteiger partial charge >= 0.3 is 0 Å². The third-order valence-electron chi connectivity index (χ3n) is 3.92. The maximum atomic E-state index is 13.5. The van der Waals surface area contributed by atoms with Gasteiger partial charge in [0.25, 0.3) is 0 Å². The molecule has 1 unspecified atom stereocenters. The van der Waals surface area contributed by atoms with Crippen molar-refractivity contribution < 1.29 is 4.39 Å². The molecule has 1 aliphatic rings. The largest absolute Gasteiger partial charge is 0.324 e. The predicted octanol–water partition coefficient (Wildman–Crippen LogP) is 4.19. The van der Waals surface area contributed by atoms with Crippen molar-refractivity contribution in [1.82, 2.24) is 0 Å². The number of hydrogen-bond acceptors (Lipinski definition) is 1. The summed E-state index contributed by atoms with van der Waals surface area (Å²) in [6.45, 7) is 0. The molecule has 1 fully saturated rings. The van der Waals surface area contributed by atoms with Gasteiger partial charge in [-0.15, -0.1) is 0 Å². The van der Waals surface area contributed by atoms with E-state index in [1.54, 1.807) is 12.1 Å². The molecule has 0 saturated heterocycles. The zero-order valence-corrected chi connectivity index (χ0v) is 10.4. The van der Waals surface area contributed by atoms with Crippen LogP contribution in [0.4, 0.5) is 4.39 Å². The highest BCUT2D eigenvalue weighted by molar-refractivity contribution is 5.20. The topological polar surface area (TPSA) is 26.0 Å². The lowest BCUT2D eigenvalue weighted by Crippen LogP contribution is -2.15. The highest BCUT2D eigenvalue weighted by atomic mass is 19.1. The summed E-state index contributed by atoms with van der Waals surface area (Å²) in [4.78, 5) is 0. The lowest BCUT2D eigenvalue weighted by Gasteiger charge is -2.23. The van der Waals surface area contributed by atoms with Gasteiger partial charge in [0.1, 0.15) is 5.82 Å². The molecule has 17 heavy (non-hydrogen) atoms. The van der Waals surface area contributed by atoms with Gasteiger partial charge in [0.2, 0.25) is 0 Å². The summed E-state index contributed by atoms with van der Waals surface area (Å²) >= 11 is 0. The lowest BCUT2D eigenvalue weighted by atomic mass is 9.84. The minimum absolute atomic E-state index is 0.141. The van der Waals surface area contributed by atoms with E-state index in [-0.39, 0.29) is 11.9 Å². The first-order chi connectivity index (χ1) is 8.27. The maximum Gasteiger partial charge on any atom is 0.127 e. The molecule has 0 heterocycles. The number of benzene rings is 1. The molecule has 1 aromatic rings. The van der Waals surface area contributed by atoms with Crippen molar-refractivity contribution in [2.24, 2.45) is 11.7 Å². The summed E-state index contributed by atoms with van der Waals surface area (Å²) in [7, 11) is 0. The van der Waals surface area contributed by atoms with E-state index in [0.717, 1.165) is 18.8 Å². The van der Waals surface area contributed by atoms with E-state index in [9.17, 15) is 4.39 Å². The Balaban J connectivity index is 1.84. The SMILES string of the molecule is NC(CCC1CCCCC1)c1ccccc1F. The quantitative estimate of drug-likeness (QED) is 0.832. The normalized spacial score (nSPS) is 19.2. The van der Waals surface area contributed by atoms with Gasteiger partial charge in [0.15, 0.2) is 0 Å². The van der Waals surface area contributed by atoms with E-state index in [0.29, 0.717) is 5.56 Å². The molecule has 1 aliphatic carbocycles. The van der Waals surface area contributed by atoms with Crippen LogP contribution in [-0.4, -0.2) is 0 Å². The maximum absolute atomic E-state index is 13.5. The molecule has 94 valence electrons. The summed E-state index contributed by atoms with van der Waals surface area (Å²) < 4.78 is 13.5. The Hall–Kier alpha value is -0.890. The highest BCUT2D eigenvalue weighted by Crippen LogP contribution is 2.30. The molecule has 1 nitrogen and oxygen atoms in total. The summed E-state index contributed by atoms with van der Waals surface area (Å²) in [5.74, 6) is 0.658. The van der Waals surface area contributed by atoms with Crippen LogP contribution in [0.1, 0.15) is 56.6 Å². The molecule has 1 saturated carbocycles. The summed E-state index contributed by atoms with van der Waals surface area (Å²) in [5, 5.41) is 0. The van der Waals surface area contributed by atoms with Crippen LogP contribution < -0.4 is 5.73 Å². The van der Waals surface area contributed by atoms with Gasteiger partial charge in [-0.1, -0.05) is 50.3 Å². The lowest BCUT2D eigenvalue weighted by molar-refractivity contribution is 0.323. The molecule has 0 amide bonds. The van der Waals surface area contributed by atoms with Crippen LogP contribution in [0.15, 0.2) is 24.3 Å². The molecule has 1 aromatic carbocycles. The second-order valence-corrected chi connectivity index (χ2v) is 5.21. The summed E-state index contributed by atoms with van der Waals surface area (Å²) in [5.41, 5.74) is 6.74. The highest BCUT2D eigenvalue weighted by Gasteiger charge is 2.16. The molecule has 0 radical (unpaired) electrons. The van der Waals surface area contributed by atoms with Crippen LogP contribution in [0.5, 0.6) is 0 Å². The zero-order valence-electron chi connectivity index (χ0n) is 10.4. The van der Waals surface area contributed by atoms with E-state index in [2.05, 4.69) is 0 Å². The smallest absolute Gasteiger partial charge is 0.127 e. The fourth-order valence-electron chi connectivity index (χ4n) is 2.82. The summed E-state index contributed by atoms with van der Waals surface area (Å²) in [6, 6.07) is 6.74. The third-order valence-corrected chi connectivity index (χ3v) is 3.92. The van der Waals surface area contributed by atoms with E-state index >= 15 is 0 Å². The Labute approximate surface area is 103 Å². The van der Waals surface area contributed by atoms with Gasteiger partial charge in [-0.2, -0.15) is 0 Å². The Morgan fingerprint density at radius 2 is 1.88 bits per heavy atom. The van der Waals surface area contributed by atoms with Gasteiger partial charge in [-0.05, 0) is 24.8 Å². The minimum atomic E-state index is -0.163. The van der Waals surface area contributed by atoms with Crippen LogP contribution in [0.25, 0.3) is 0 Å². The third kappa shape index (κ3) is 3.53. The summed E-state index contributed by atoms with van der Waals surface area (Å²) in [6.07, 6.45) is 8.84. The van der Waals surface area contributed by atoms with Crippen LogP contribution >= 0.6 is 0 Å². The zero-order chi connectivity index (χ0) is 12.1. The fraction of sp³-hybridized carbons (Fsp3) is 0.600. The molecule has 2 N–H and O–H groups in total. The monoisotopic (exact) mass is 235 g/mol. The molecular weight excluding hydrogens is 213 g/mol. The first-order valence-corrected chi connectivity index (χ1v) is 6.77. The van der Waals surface area contributed by atoms with Gasteiger partial charge in [-0.25, -0.2) is 4.39 Å². The predicted molar refractivity (Wildman–Crippen MR) is 69.1 cm³/mol. The fourth-order valence-corrected chi connectivity index (χ4v) is 2.82. The first kappa shape index (κ1) is 12.6. The molecule has 0 aromatic heterocycles. The van der Waals surface area contributed by atoms with Crippen LogP contribution in [-0.2, 0) is 0 Å². The van der Waals surface area contributed by atoms with E-state index in [4.69, 9.17) is 5.73 Å². The van der Waals surface area contributed by atoms with Gasteiger partial charge in [0.05, 0.1) is 0 Å². The standard InChI is InChI=1S/C15H22FN/c16-14-9-5-4-8-13(14)15(17)11-10-12-6-2-1-3-7-12/h4-5,8-9,12,15H,1-3,6-7,10-11,17H2. The van der Waals surface area contributed by atoms with Crippen molar-refractivity contribution in [3.63, 3.8) is 0 Å². The van der Waals surface area contributed by atoms with E-state index in [1.807, 2.05) is 6.07 Å². The average molecular weight is 235 g/mol. The molecule has 0 aliphatic heterocycles. The average Bonchev–Trinajstić information content (AvgIpc) is 2.38. The van der Waals surface area contributed by atoms with Gasteiger partial charge in [-0.3, -0.25) is 0 Å². The Kier molecular flexibility index (Phi) is 4.55. The number of hydrogen-bond donors (Lipinski definition) is 1. The van der Waals surface area contributed by atoms with Crippen LogP contribution in [0.2, 0.25) is 0 Å². The molecule has 2 heteroatoms. The second kappa shape index (κ2) is 6.15. The molecule has 0 spiro atoms. The number of nitrogens with two attached hydrogens (primary N) is 1. The van der Waals surface area contributed by atoms with Crippen molar-refractivity contribution in [2.75, 3.05) is 0 Å². The first-order valence-electron chi connectivity index (χ1n) is 6.77. The van der Waals surface area contributed by atoms with Gasteiger partial charge in [0, 0.05) is 11.6 Å². The van der Waals surface area contributed by atoms with Gasteiger partial charge < -0.3 is 5.73 Å². The molecule has 2 rings (SSSR count). The minimum Gasteiger partial charge on any atom is -0.324 e. The molecular formula is C15H22FN. The van der Waals surface area contributed by atoms with Crippen molar-refractivity contribution in [2.45, 2.75) is 51.0 Å². The Morgan fingerprint density at radius 3 is 2.59 bits per heavy atom. The van der Waals surface area contributed by atoms with Crippen molar-refractivity contribution in [1.29, 1.82) is 0 Å². The van der Waals surface area contributed by atoms with Crippen LogP contribution in [0, 0.1) is 11.7 Å². The second-order valence-electron chi connectivity index (χ2n) is 5.21. The Bertz CT molecular complexity index is 345. The van der Waals surface area contributed by atoms with Crippen molar-refractivity contribution in [3.05, 3.63) is 35.6 Å². The van der Waals surface area contributed by atoms with Crippen LogP contribution in [0.3, 0.4) is 0 Å². The molecule has 1 atom stereocenters. The number of rotatable bonds is 4. The van der Waals surface area contributed by atoms with Crippen molar-refractivity contribution >= 4 is 0 Å². The van der Waals surface area contributed by atoms with Crippen molar-refractivity contribution in [3.8, 4) is 0 Å². The molecule has 0 bridgehead atoms. The number of halogens is 1. The van der Waals surface area contributed by atoms with E-state index < -0.39 is 0 Å².